The molecule has 1 aliphatic carbocycles. The normalized spacial score (nSPS) is 23.2. The van der Waals surface area contributed by atoms with Gasteiger partial charge in [0.15, 0.2) is 0 Å². The van der Waals surface area contributed by atoms with Crippen LogP contribution in [0.3, 0.4) is 0 Å². The van der Waals surface area contributed by atoms with Crippen LogP contribution in [0, 0.1) is 5.41 Å². The van der Waals surface area contributed by atoms with E-state index in [9.17, 15) is 4.79 Å². The summed E-state index contributed by atoms with van der Waals surface area (Å²) in [5.74, 6) is 0.0439. The minimum atomic E-state index is 0.0439. The highest BCUT2D eigenvalue weighted by Gasteiger charge is 2.46. The van der Waals surface area contributed by atoms with Gasteiger partial charge >= 0.3 is 0 Å². The van der Waals surface area contributed by atoms with Crippen LogP contribution in [0.4, 0.5) is 0 Å². The van der Waals surface area contributed by atoms with Gasteiger partial charge in [0.05, 0.1) is 0 Å². The lowest BCUT2D eigenvalue weighted by atomic mass is 10.2. The van der Waals surface area contributed by atoms with Crippen molar-refractivity contribution < 1.29 is 4.79 Å². The molecule has 0 aromatic carbocycles. The van der Waals surface area contributed by atoms with Crippen LogP contribution in [0.1, 0.15) is 29.9 Å². The smallest absolute Gasteiger partial charge is 0.262 e. The third-order valence-corrected chi connectivity index (χ3v) is 4.48. The van der Waals surface area contributed by atoms with Crippen LogP contribution in [-0.2, 0) is 0 Å². The van der Waals surface area contributed by atoms with Crippen molar-refractivity contribution in [3.8, 4) is 0 Å². The first kappa shape index (κ1) is 10.2. The van der Waals surface area contributed by atoms with E-state index in [1.54, 1.807) is 0 Å². The Bertz CT molecular complexity index is 372. The number of rotatable bonds is 2. The van der Waals surface area contributed by atoms with E-state index in [2.05, 4.69) is 35.1 Å². The highest BCUT2D eigenvalue weighted by molar-refractivity contribution is 9.10. The summed E-state index contributed by atoms with van der Waals surface area (Å²) in [6.45, 7) is 4.34. The van der Waals surface area contributed by atoms with Crippen molar-refractivity contribution in [1.82, 2.24) is 5.32 Å². The molecule has 1 unspecified atom stereocenters. The summed E-state index contributed by atoms with van der Waals surface area (Å²) in [4.78, 5) is 12.5. The van der Waals surface area contributed by atoms with Gasteiger partial charge in [-0.2, -0.15) is 0 Å². The number of carbonyl (C=O) groups excluding carboxylic acids is 1. The Balaban J connectivity index is 2.01. The van der Waals surface area contributed by atoms with E-state index < -0.39 is 0 Å². The maximum atomic E-state index is 11.7. The fraction of sp³-hybridized carbons (Fsp3) is 0.500. The second kappa shape index (κ2) is 3.35. The van der Waals surface area contributed by atoms with Crippen LogP contribution < -0.4 is 5.32 Å². The van der Waals surface area contributed by atoms with Crippen molar-refractivity contribution >= 4 is 33.2 Å². The van der Waals surface area contributed by atoms with E-state index in [0.717, 1.165) is 15.8 Å². The van der Waals surface area contributed by atoms with E-state index in [0.29, 0.717) is 11.5 Å². The van der Waals surface area contributed by atoms with Crippen LogP contribution in [0.5, 0.6) is 0 Å². The van der Waals surface area contributed by atoms with Crippen molar-refractivity contribution in [2.45, 2.75) is 26.3 Å². The van der Waals surface area contributed by atoms with E-state index >= 15 is 0 Å². The highest BCUT2D eigenvalue weighted by atomic mass is 79.9. The third-order valence-electron chi connectivity index (χ3n) is 2.64. The molecule has 1 fully saturated rings. The lowest BCUT2D eigenvalue weighted by Crippen LogP contribution is -2.27. The first-order chi connectivity index (χ1) is 6.50. The molecule has 1 saturated carbocycles. The first-order valence-electron chi connectivity index (χ1n) is 4.54. The van der Waals surface area contributed by atoms with E-state index in [4.69, 9.17) is 0 Å². The SMILES string of the molecule is CC1(C)CC1NC(=O)c1sccc1Br. The summed E-state index contributed by atoms with van der Waals surface area (Å²) in [6, 6.07) is 2.25. The van der Waals surface area contributed by atoms with Gasteiger partial charge in [-0.1, -0.05) is 13.8 Å². The second-order valence-electron chi connectivity index (χ2n) is 4.32. The monoisotopic (exact) mass is 273 g/mol. The van der Waals surface area contributed by atoms with Crippen molar-refractivity contribution in [2.24, 2.45) is 5.41 Å². The predicted molar refractivity (Wildman–Crippen MR) is 61.7 cm³/mol. The van der Waals surface area contributed by atoms with Crippen molar-refractivity contribution in [1.29, 1.82) is 0 Å². The Morgan fingerprint density at radius 2 is 2.36 bits per heavy atom. The average Bonchev–Trinajstić information content (AvgIpc) is 2.53. The zero-order valence-corrected chi connectivity index (χ0v) is 10.5. The van der Waals surface area contributed by atoms with Crippen LogP contribution in [0.2, 0.25) is 0 Å². The van der Waals surface area contributed by atoms with Crippen LogP contribution in [-0.4, -0.2) is 11.9 Å². The standard InChI is InChI=1S/C10H12BrNOS/c1-10(2)5-7(10)12-9(13)8-6(11)3-4-14-8/h3-4,7H,5H2,1-2H3,(H,12,13). The number of thiophene rings is 1. The molecule has 14 heavy (non-hydrogen) atoms. The number of nitrogens with one attached hydrogen (secondary N) is 1. The minimum absolute atomic E-state index is 0.0439. The molecule has 76 valence electrons. The van der Waals surface area contributed by atoms with Crippen LogP contribution in [0.15, 0.2) is 15.9 Å². The maximum absolute atomic E-state index is 11.7. The molecule has 1 aliphatic rings. The summed E-state index contributed by atoms with van der Waals surface area (Å²) < 4.78 is 0.887. The van der Waals surface area contributed by atoms with Crippen LogP contribution in [0.25, 0.3) is 0 Å². The molecule has 1 aromatic heterocycles. The van der Waals surface area contributed by atoms with Gasteiger partial charge in [-0.25, -0.2) is 0 Å². The number of hydrogen-bond acceptors (Lipinski definition) is 2. The molecule has 1 heterocycles. The summed E-state index contributed by atoms with van der Waals surface area (Å²) in [5.41, 5.74) is 0.291. The van der Waals surface area contributed by atoms with Gasteiger partial charge in [-0.05, 0) is 39.2 Å². The maximum Gasteiger partial charge on any atom is 0.262 e. The van der Waals surface area contributed by atoms with E-state index in [1.165, 1.54) is 11.3 Å². The van der Waals surface area contributed by atoms with Crippen molar-refractivity contribution in [2.75, 3.05) is 0 Å². The molecule has 2 rings (SSSR count). The number of amides is 1. The molecule has 1 atom stereocenters. The molecule has 1 amide bonds. The fourth-order valence-corrected chi connectivity index (χ4v) is 2.85. The van der Waals surface area contributed by atoms with Gasteiger partial charge in [0, 0.05) is 10.5 Å². The Hall–Kier alpha value is -0.350. The third kappa shape index (κ3) is 1.86. The summed E-state index contributed by atoms with van der Waals surface area (Å²) >= 11 is 4.82. The Kier molecular flexibility index (Phi) is 2.43. The van der Waals surface area contributed by atoms with E-state index in [1.807, 2.05) is 11.4 Å². The van der Waals surface area contributed by atoms with Crippen LogP contribution >= 0.6 is 27.3 Å². The molecule has 4 heteroatoms. The Labute approximate surface area is 95.8 Å². The predicted octanol–water partition coefficient (Wildman–Crippen LogP) is 3.04. The lowest BCUT2D eigenvalue weighted by molar-refractivity contribution is 0.0949. The summed E-state index contributed by atoms with van der Waals surface area (Å²) in [6.07, 6.45) is 1.09. The lowest BCUT2D eigenvalue weighted by Gasteiger charge is -2.05. The number of hydrogen-bond donors (Lipinski definition) is 1. The molecule has 0 saturated heterocycles. The Morgan fingerprint density at radius 3 is 2.79 bits per heavy atom. The zero-order valence-electron chi connectivity index (χ0n) is 8.13. The molecule has 0 radical (unpaired) electrons. The van der Waals surface area contributed by atoms with Gasteiger partial charge in [-0.15, -0.1) is 11.3 Å². The van der Waals surface area contributed by atoms with Crippen molar-refractivity contribution in [3.05, 3.63) is 20.8 Å². The second-order valence-corrected chi connectivity index (χ2v) is 6.09. The number of carbonyl (C=O) groups is 1. The first-order valence-corrected chi connectivity index (χ1v) is 6.22. The summed E-state index contributed by atoms with van der Waals surface area (Å²) in [7, 11) is 0. The topological polar surface area (TPSA) is 29.1 Å². The van der Waals surface area contributed by atoms with Gasteiger partial charge < -0.3 is 5.32 Å². The van der Waals surface area contributed by atoms with Crippen molar-refractivity contribution in [3.63, 3.8) is 0 Å². The zero-order chi connectivity index (χ0) is 10.3. The summed E-state index contributed by atoms with van der Waals surface area (Å²) in [5, 5.41) is 4.94. The fourth-order valence-electron chi connectivity index (χ4n) is 1.39. The molecule has 1 N–H and O–H groups in total. The molecular formula is C10H12BrNOS. The largest absolute Gasteiger partial charge is 0.348 e. The number of halogens is 1. The Morgan fingerprint density at radius 1 is 1.71 bits per heavy atom. The quantitative estimate of drug-likeness (QED) is 0.882. The van der Waals surface area contributed by atoms with Gasteiger partial charge in [0.25, 0.3) is 5.91 Å². The molecular weight excluding hydrogens is 262 g/mol. The molecule has 1 aromatic rings. The molecule has 0 bridgehead atoms. The molecule has 0 spiro atoms. The minimum Gasteiger partial charge on any atom is -0.348 e. The average molecular weight is 274 g/mol. The van der Waals surface area contributed by atoms with Gasteiger partial charge in [0.2, 0.25) is 0 Å². The van der Waals surface area contributed by atoms with Gasteiger partial charge in [-0.3, -0.25) is 4.79 Å². The molecule has 0 aliphatic heterocycles. The molecule has 2 nitrogen and oxygen atoms in total. The van der Waals surface area contributed by atoms with E-state index in [-0.39, 0.29) is 5.91 Å². The highest BCUT2D eigenvalue weighted by Crippen LogP contribution is 2.44. The van der Waals surface area contributed by atoms with Gasteiger partial charge in [0.1, 0.15) is 4.88 Å².